The minimum atomic E-state index is 0.222. The van der Waals surface area contributed by atoms with Gasteiger partial charge in [0, 0.05) is 12.2 Å². The van der Waals surface area contributed by atoms with E-state index in [4.69, 9.17) is 5.84 Å². The Bertz CT molecular complexity index is 509. The van der Waals surface area contributed by atoms with Crippen molar-refractivity contribution < 1.29 is 0 Å². The third kappa shape index (κ3) is 4.27. The van der Waals surface area contributed by atoms with Gasteiger partial charge in [-0.15, -0.1) is 11.3 Å². The van der Waals surface area contributed by atoms with Crippen LogP contribution in [-0.4, -0.2) is 4.98 Å². The number of pyridine rings is 1. The summed E-state index contributed by atoms with van der Waals surface area (Å²) < 4.78 is 1.24. The van der Waals surface area contributed by atoms with Gasteiger partial charge in [0.15, 0.2) is 0 Å². The van der Waals surface area contributed by atoms with Crippen molar-refractivity contribution in [2.45, 2.75) is 57.9 Å². The lowest BCUT2D eigenvalue weighted by molar-refractivity contribution is 0.476. The van der Waals surface area contributed by atoms with Crippen molar-refractivity contribution in [3.8, 4) is 0 Å². The molecule has 0 saturated heterocycles. The van der Waals surface area contributed by atoms with Crippen LogP contribution in [0.2, 0.25) is 0 Å². The molecular formula is C16H25N3S. The molecule has 0 spiro atoms. The normalized spacial score (nSPS) is 12.9. The van der Waals surface area contributed by atoms with Crippen molar-refractivity contribution in [1.29, 1.82) is 0 Å². The fraction of sp³-hybridized carbons (Fsp3) is 0.562. The van der Waals surface area contributed by atoms with Crippen molar-refractivity contribution in [2.75, 3.05) is 0 Å². The highest BCUT2D eigenvalue weighted by atomic mass is 32.1. The molecule has 2 rings (SSSR count). The highest BCUT2D eigenvalue weighted by Crippen LogP contribution is 2.25. The Morgan fingerprint density at radius 2 is 2.05 bits per heavy atom. The summed E-state index contributed by atoms with van der Waals surface area (Å²) in [6, 6.07) is 4.50. The minimum Gasteiger partial charge on any atom is -0.271 e. The molecule has 3 nitrogen and oxygen atoms in total. The summed E-state index contributed by atoms with van der Waals surface area (Å²) in [5.74, 6) is 5.71. The third-order valence-electron chi connectivity index (χ3n) is 3.77. The molecular weight excluding hydrogens is 266 g/mol. The first kappa shape index (κ1) is 15.4. The fourth-order valence-electron chi connectivity index (χ4n) is 2.53. The van der Waals surface area contributed by atoms with Gasteiger partial charge >= 0.3 is 0 Å². The van der Waals surface area contributed by atoms with E-state index in [1.807, 2.05) is 6.20 Å². The zero-order valence-electron chi connectivity index (χ0n) is 12.3. The monoisotopic (exact) mass is 291 g/mol. The molecule has 4 heteroatoms. The van der Waals surface area contributed by atoms with E-state index >= 15 is 0 Å². The highest BCUT2D eigenvalue weighted by Gasteiger charge is 2.10. The Balaban J connectivity index is 1.84. The molecule has 0 saturated carbocycles. The average molecular weight is 291 g/mol. The van der Waals surface area contributed by atoms with Crippen LogP contribution >= 0.6 is 11.3 Å². The van der Waals surface area contributed by atoms with Crippen LogP contribution in [0.4, 0.5) is 0 Å². The van der Waals surface area contributed by atoms with Crippen molar-refractivity contribution >= 4 is 21.6 Å². The predicted octanol–water partition coefficient (Wildman–Crippen LogP) is 4.55. The van der Waals surface area contributed by atoms with Gasteiger partial charge in [0.2, 0.25) is 0 Å². The van der Waals surface area contributed by atoms with Crippen LogP contribution in [0.3, 0.4) is 0 Å². The second kappa shape index (κ2) is 8.35. The van der Waals surface area contributed by atoms with E-state index < -0.39 is 0 Å². The van der Waals surface area contributed by atoms with Gasteiger partial charge in [-0.05, 0) is 29.5 Å². The first-order chi connectivity index (χ1) is 9.85. The number of hydrazine groups is 1. The van der Waals surface area contributed by atoms with Gasteiger partial charge in [0.25, 0.3) is 0 Å². The number of unbranched alkanes of at least 4 members (excludes halogenated alkanes) is 5. The van der Waals surface area contributed by atoms with Gasteiger partial charge in [-0.25, -0.2) is 0 Å². The van der Waals surface area contributed by atoms with E-state index in [2.05, 4.69) is 34.8 Å². The van der Waals surface area contributed by atoms with Crippen molar-refractivity contribution in [2.24, 2.45) is 5.84 Å². The number of fused-ring (bicyclic) bond motifs is 1. The van der Waals surface area contributed by atoms with Crippen LogP contribution in [0.15, 0.2) is 23.7 Å². The lowest BCUT2D eigenvalue weighted by atomic mass is 10.0. The zero-order valence-corrected chi connectivity index (χ0v) is 13.1. The summed E-state index contributed by atoms with van der Waals surface area (Å²) in [5.41, 5.74) is 5.22. The molecule has 0 bridgehead atoms. The summed E-state index contributed by atoms with van der Waals surface area (Å²) >= 11 is 1.74. The number of rotatable bonds is 9. The maximum Gasteiger partial charge on any atom is 0.0809 e. The van der Waals surface area contributed by atoms with Gasteiger partial charge in [-0.3, -0.25) is 16.3 Å². The molecule has 0 aliphatic carbocycles. The van der Waals surface area contributed by atoms with Crippen LogP contribution < -0.4 is 11.3 Å². The van der Waals surface area contributed by atoms with Crippen molar-refractivity contribution in [3.05, 3.63) is 29.3 Å². The molecule has 1 unspecified atom stereocenters. The Morgan fingerprint density at radius 1 is 1.25 bits per heavy atom. The lowest BCUT2D eigenvalue weighted by Gasteiger charge is -2.16. The average Bonchev–Trinajstić information content (AvgIpc) is 2.94. The van der Waals surface area contributed by atoms with Crippen LogP contribution in [0.25, 0.3) is 10.2 Å². The molecule has 0 aromatic carbocycles. The Hall–Kier alpha value is -0.970. The summed E-state index contributed by atoms with van der Waals surface area (Å²) in [6.07, 6.45) is 10.9. The number of aromatic nitrogens is 1. The molecule has 0 aliphatic rings. The van der Waals surface area contributed by atoms with E-state index in [1.165, 1.54) is 48.8 Å². The Labute approximate surface area is 125 Å². The molecule has 2 aromatic rings. The van der Waals surface area contributed by atoms with Crippen LogP contribution in [0.5, 0.6) is 0 Å². The fourth-order valence-corrected chi connectivity index (χ4v) is 3.32. The molecule has 1 atom stereocenters. The second-order valence-electron chi connectivity index (χ2n) is 5.35. The lowest BCUT2D eigenvalue weighted by Crippen LogP contribution is -2.28. The molecule has 0 radical (unpaired) electrons. The summed E-state index contributed by atoms with van der Waals surface area (Å²) in [5, 5.41) is 2.08. The summed E-state index contributed by atoms with van der Waals surface area (Å²) in [6.45, 7) is 2.25. The molecule has 0 aliphatic heterocycles. The van der Waals surface area contributed by atoms with Crippen LogP contribution in [0, 0.1) is 0 Å². The zero-order chi connectivity index (χ0) is 14.2. The SMILES string of the molecule is CCCCCCCCC(NN)c1cnc2ccsc2c1. The summed E-state index contributed by atoms with van der Waals surface area (Å²) in [7, 11) is 0. The number of nitrogens with two attached hydrogens (primary N) is 1. The smallest absolute Gasteiger partial charge is 0.0809 e. The molecule has 2 heterocycles. The van der Waals surface area contributed by atoms with Gasteiger partial charge in [-0.1, -0.05) is 45.4 Å². The minimum absolute atomic E-state index is 0.222. The van der Waals surface area contributed by atoms with E-state index in [9.17, 15) is 0 Å². The van der Waals surface area contributed by atoms with E-state index in [0.717, 1.165) is 11.9 Å². The maximum atomic E-state index is 5.71. The maximum absolute atomic E-state index is 5.71. The molecule has 0 fully saturated rings. The summed E-state index contributed by atoms with van der Waals surface area (Å²) in [4.78, 5) is 4.49. The second-order valence-corrected chi connectivity index (χ2v) is 6.30. The van der Waals surface area contributed by atoms with Crippen LogP contribution in [0.1, 0.15) is 63.5 Å². The van der Waals surface area contributed by atoms with Gasteiger partial charge in [0.1, 0.15) is 0 Å². The predicted molar refractivity (Wildman–Crippen MR) is 87.7 cm³/mol. The molecule has 0 amide bonds. The van der Waals surface area contributed by atoms with Crippen molar-refractivity contribution in [1.82, 2.24) is 10.4 Å². The molecule has 3 N–H and O–H groups in total. The van der Waals surface area contributed by atoms with Crippen LogP contribution in [-0.2, 0) is 0 Å². The Kier molecular flexibility index (Phi) is 6.43. The number of nitrogens with one attached hydrogen (secondary N) is 1. The van der Waals surface area contributed by atoms with Gasteiger partial charge < -0.3 is 0 Å². The standard InChI is InChI=1S/C16H25N3S/c1-2-3-4-5-6-7-8-14(19-17)13-11-16-15(18-12-13)9-10-20-16/h9-12,14,19H,2-8,17H2,1H3. The number of hydrogen-bond acceptors (Lipinski definition) is 4. The van der Waals surface area contributed by atoms with E-state index in [1.54, 1.807) is 11.3 Å². The van der Waals surface area contributed by atoms with Gasteiger partial charge in [-0.2, -0.15) is 0 Å². The molecule has 110 valence electrons. The number of nitrogens with zero attached hydrogens (tertiary/aromatic N) is 1. The Morgan fingerprint density at radius 3 is 2.85 bits per heavy atom. The van der Waals surface area contributed by atoms with E-state index in [-0.39, 0.29) is 6.04 Å². The van der Waals surface area contributed by atoms with Gasteiger partial charge in [0.05, 0.1) is 10.2 Å². The quantitative estimate of drug-likeness (QED) is 0.405. The molecule has 20 heavy (non-hydrogen) atoms. The largest absolute Gasteiger partial charge is 0.271 e. The first-order valence-electron chi connectivity index (χ1n) is 7.64. The molecule has 2 aromatic heterocycles. The third-order valence-corrected chi connectivity index (χ3v) is 4.63. The number of hydrogen-bond donors (Lipinski definition) is 2. The first-order valence-corrected chi connectivity index (χ1v) is 8.52. The number of thiophene rings is 1. The van der Waals surface area contributed by atoms with E-state index in [0.29, 0.717) is 0 Å². The van der Waals surface area contributed by atoms with Crippen molar-refractivity contribution in [3.63, 3.8) is 0 Å². The highest BCUT2D eigenvalue weighted by molar-refractivity contribution is 7.17. The topological polar surface area (TPSA) is 50.9 Å².